The number of amides is 3. The molecule has 1 aromatic carbocycles. The molecule has 188 valence electrons. The maximum atomic E-state index is 12.6. The molecule has 0 aliphatic carbocycles. The average Bonchev–Trinajstić information content (AvgIpc) is 3.14. The van der Waals surface area contributed by atoms with E-state index in [4.69, 9.17) is 0 Å². The normalized spacial score (nSPS) is 11.4. The van der Waals surface area contributed by atoms with Crippen LogP contribution in [0.4, 0.5) is 29.5 Å². The van der Waals surface area contributed by atoms with E-state index >= 15 is 0 Å². The van der Waals surface area contributed by atoms with Gasteiger partial charge in [0.2, 0.25) is 5.82 Å². The molecular formula is C22H31F3N6O3. The maximum Gasteiger partial charge on any atom is 0.573 e. The van der Waals surface area contributed by atoms with Crippen LogP contribution in [0.2, 0.25) is 0 Å². The Balaban J connectivity index is 1.96. The number of imidazole rings is 1. The summed E-state index contributed by atoms with van der Waals surface area (Å²) in [6, 6.07) is 4.05. The number of carbonyl (C=O) groups is 2. The summed E-state index contributed by atoms with van der Waals surface area (Å²) < 4.78 is 42.2. The van der Waals surface area contributed by atoms with Gasteiger partial charge in [-0.1, -0.05) is 27.2 Å². The summed E-state index contributed by atoms with van der Waals surface area (Å²) in [6.45, 7) is 8.68. The van der Waals surface area contributed by atoms with E-state index in [9.17, 15) is 22.8 Å². The molecule has 0 aliphatic rings. The molecule has 0 atom stereocenters. The van der Waals surface area contributed by atoms with E-state index < -0.39 is 18.1 Å². The van der Waals surface area contributed by atoms with Gasteiger partial charge in [-0.05, 0) is 43.1 Å². The second-order valence-electron chi connectivity index (χ2n) is 8.00. The number of aryl methyl sites for hydroxylation is 1. The van der Waals surface area contributed by atoms with Gasteiger partial charge in [0, 0.05) is 31.5 Å². The summed E-state index contributed by atoms with van der Waals surface area (Å²) in [5.74, 6) is 0.115. The summed E-state index contributed by atoms with van der Waals surface area (Å²) in [6.07, 6.45) is -1.49. The molecule has 0 bridgehead atoms. The van der Waals surface area contributed by atoms with E-state index in [-0.39, 0.29) is 23.2 Å². The summed E-state index contributed by atoms with van der Waals surface area (Å²) in [4.78, 5) is 29.2. The van der Waals surface area contributed by atoms with E-state index in [1.54, 1.807) is 10.8 Å². The van der Waals surface area contributed by atoms with Crippen molar-refractivity contribution in [2.75, 3.05) is 30.3 Å². The molecular weight excluding hydrogens is 453 g/mol. The van der Waals surface area contributed by atoms with Crippen molar-refractivity contribution in [1.29, 1.82) is 0 Å². The lowest BCUT2D eigenvalue weighted by Gasteiger charge is -2.10. The Morgan fingerprint density at radius 3 is 2.44 bits per heavy atom. The molecule has 2 rings (SSSR count). The number of carbonyl (C=O) groups excluding carboxylic acids is 2. The average molecular weight is 485 g/mol. The van der Waals surface area contributed by atoms with Gasteiger partial charge in [-0.2, -0.15) is 0 Å². The topological polar surface area (TPSA) is 109 Å². The van der Waals surface area contributed by atoms with Crippen LogP contribution in [0.5, 0.6) is 5.75 Å². The molecule has 1 heterocycles. The summed E-state index contributed by atoms with van der Waals surface area (Å²) in [5, 5.41) is 11.1. The highest BCUT2D eigenvalue weighted by Gasteiger charge is 2.31. The molecule has 4 N–H and O–H groups in total. The number of halogens is 3. The fourth-order valence-corrected chi connectivity index (χ4v) is 2.91. The second kappa shape index (κ2) is 12.8. The van der Waals surface area contributed by atoms with Crippen LogP contribution in [-0.4, -0.2) is 47.5 Å². The first-order valence-corrected chi connectivity index (χ1v) is 11.1. The van der Waals surface area contributed by atoms with Crippen molar-refractivity contribution >= 4 is 23.4 Å². The van der Waals surface area contributed by atoms with E-state index in [1.807, 2.05) is 6.92 Å². The molecule has 0 unspecified atom stereocenters. The van der Waals surface area contributed by atoms with Crippen molar-refractivity contribution in [2.45, 2.75) is 46.5 Å². The molecule has 0 saturated carbocycles. The largest absolute Gasteiger partial charge is 0.573 e. The van der Waals surface area contributed by atoms with Crippen molar-refractivity contribution < 1.29 is 27.5 Å². The molecule has 2 aromatic rings. The Hall–Kier alpha value is -3.28. The smallest absolute Gasteiger partial charge is 0.406 e. The van der Waals surface area contributed by atoms with Gasteiger partial charge in [-0.3, -0.25) is 10.1 Å². The lowest BCUT2D eigenvalue weighted by atomic mass is 10.2. The number of anilines is 2. The third kappa shape index (κ3) is 9.69. The van der Waals surface area contributed by atoms with Gasteiger partial charge in [0.25, 0.3) is 5.91 Å². The standard InChI is InChI=1S/C22H31F3N6O3/c1-4-5-12-31-14-18(29-19(31)20(32)27-11-10-26-13-15(2)3)30-21(33)28-16-6-8-17(9-7-16)34-22(23,24)25/h6-9,14-15,26H,4-5,10-13H2,1-3H3,(H,27,32)(H2,28,30,33). The Kier molecular flexibility index (Phi) is 10.2. The number of urea groups is 1. The van der Waals surface area contributed by atoms with Crippen molar-refractivity contribution in [2.24, 2.45) is 5.92 Å². The van der Waals surface area contributed by atoms with Crippen LogP contribution in [0.1, 0.15) is 44.2 Å². The van der Waals surface area contributed by atoms with Crippen LogP contribution < -0.4 is 26.0 Å². The Bertz CT molecular complexity index is 929. The third-order valence-corrected chi connectivity index (χ3v) is 4.46. The van der Waals surface area contributed by atoms with Gasteiger partial charge >= 0.3 is 12.4 Å². The molecule has 9 nitrogen and oxygen atoms in total. The molecule has 12 heteroatoms. The number of ether oxygens (including phenoxy) is 1. The van der Waals surface area contributed by atoms with Crippen LogP contribution in [0.25, 0.3) is 0 Å². The first-order chi connectivity index (χ1) is 16.1. The molecule has 0 saturated heterocycles. The molecule has 34 heavy (non-hydrogen) atoms. The zero-order valence-corrected chi connectivity index (χ0v) is 19.5. The van der Waals surface area contributed by atoms with Crippen LogP contribution in [-0.2, 0) is 6.54 Å². The third-order valence-electron chi connectivity index (χ3n) is 4.46. The number of alkyl halides is 3. The minimum Gasteiger partial charge on any atom is -0.406 e. The number of benzene rings is 1. The van der Waals surface area contributed by atoms with Crippen LogP contribution >= 0.6 is 0 Å². The first kappa shape index (κ1) is 27.0. The van der Waals surface area contributed by atoms with Crippen LogP contribution in [0.3, 0.4) is 0 Å². The highest BCUT2D eigenvalue weighted by Crippen LogP contribution is 2.24. The first-order valence-electron chi connectivity index (χ1n) is 11.1. The minimum atomic E-state index is -4.79. The van der Waals surface area contributed by atoms with Crippen molar-refractivity contribution in [3.8, 4) is 5.75 Å². The van der Waals surface area contributed by atoms with Crippen LogP contribution in [0.15, 0.2) is 30.5 Å². The fourth-order valence-electron chi connectivity index (χ4n) is 2.91. The molecule has 0 fully saturated rings. The van der Waals surface area contributed by atoms with Gasteiger partial charge in [0.1, 0.15) is 5.75 Å². The minimum absolute atomic E-state index is 0.175. The Morgan fingerprint density at radius 1 is 1.12 bits per heavy atom. The molecule has 3 amide bonds. The van der Waals surface area contributed by atoms with Crippen molar-refractivity contribution in [3.05, 3.63) is 36.3 Å². The summed E-state index contributed by atoms with van der Waals surface area (Å²) in [5.41, 5.74) is 0.254. The number of unbranched alkanes of at least 4 members (excludes halogenated alkanes) is 1. The lowest BCUT2D eigenvalue weighted by Crippen LogP contribution is -2.34. The highest BCUT2D eigenvalue weighted by atomic mass is 19.4. The number of rotatable bonds is 12. The predicted octanol–water partition coefficient (Wildman–Crippen LogP) is 4.20. The Morgan fingerprint density at radius 2 is 1.82 bits per heavy atom. The highest BCUT2D eigenvalue weighted by molar-refractivity contribution is 5.99. The number of nitrogens with zero attached hydrogens (tertiary/aromatic N) is 2. The summed E-state index contributed by atoms with van der Waals surface area (Å²) >= 11 is 0. The number of hydrogen-bond acceptors (Lipinski definition) is 5. The SMILES string of the molecule is CCCCn1cc(NC(=O)Nc2ccc(OC(F)(F)F)cc2)nc1C(=O)NCCNCC(C)C. The molecule has 0 radical (unpaired) electrons. The maximum absolute atomic E-state index is 12.6. The van der Waals surface area contributed by atoms with E-state index in [0.717, 1.165) is 31.5 Å². The lowest BCUT2D eigenvalue weighted by molar-refractivity contribution is -0.274. The van der Waals surface area contributed by atoms with Crippen LogP contribution in [0, 0.1) is 5.92 Å². The van der Waals surface area contributed by atoms with Crippen molar-refractivity contribution in [1.82, 2.24) is 20.2 Å². The second-order valence-corrected chi connectivity index (χ2v) is 8.00. The van der Waals surface area contributed by atoms with E-state index in [1.165, 1.54) is 12.1 Å². The zero-order valence-electron chi connectivity index (χ0n) is 19.5. The van der Waals surface area contributed by atoms with Gasteiger partial charge in [-0.15, -0.1) is 13.2 Å². The van der Waals surface area contributed by atoms with E-state index in [0.29, 0.717) is 25.6 Å². The van der Waals surface area contributed by atoms with Gasteiger partial charge in [0.05, 0.1) is 0 Å². The van der Waals surface area contributed by atoms with E-state index in [2.05, 4.69) is 44.8 Å². The fraction of sp³-hybridized carbons (Fsp3) is 0.500. The van der Waals surface area contributed by atoms with Gasteiger partial charge in [-0.25, -0.2) is 9.78 Å². The van der Waals surface area contributed by atoms with Crippen molar-refractivity contribution in [3.63, 3.8) is 0 Å². The number of aromatic nitrogens is 2. The van der Waals surface area contributed by atoms with Gasteiger partial charge in [0.15, 0.2) is 5.82 Å². The Labute approximate surface area is 196 Å². The quantitative estimate of drug-likeness (QED) is 0.338. The zero-order chi connectivity index (χ0) is 25.1. The summed E-state index contributed by atoms with van der Waals surface area (Å²) in [7, 11) is 0. The molecule has 1 aromatic heterocycles. The monoisotopic (exact) mass is 484 g/mol. The number of nitrogens with one attached hydrogen (secondary N) is 4. The molecule has 0 aliphatic heterocycles. The number of hydrogen-bond donors (Lipinski definition) is 4. The van der Waals surface area contributed by atoms with Gasteiger partial charge < -0.3 is 25.3 Å². The predicted molar refractivity (Wildman–Crippen MR) is 123 cm³/mol. The molecule has 0 spiro atoms.